The molecule has 1 heterocycles. The van der Waals surface area contributed by atoms with Gasteiger partial charge in [0.2, 0.25) is 0 Å². The molecule has 4 N–H and O–H groups in total. The van der Waals surface area contributed by atoms with Gasteiger partial charge in [-0.2, -0.15) is 0 Å². The highest BCUT2D eigenvalue weighted by atomic mass is 16.3. The van der Waals surface area contributed by atoms with Crippen molar-refractivity contribution >= 4 is 5.78 Å². The molecule has 0 saturated heterocycles. The maximum absolute atomic E-state index is 12.0. The van der Waals surface area contributed by atoms with Crippen molar-refractivity contribution < 1.29 is 9.90 Å². The Balaban J connectivity index is 2.13. The van der Waals surface area contributed by atoms with E-state index in [1.54, 1.807) is 24.4 Å². The number of ketones is 1. The van der Waals surface area contributed by atoms with Crippen molar-refractivity contribution in [3.05, 3.63) is 48.0 Å². The molecule has 0 unspecified atom stereocenters. The number of H-pyrrole nitrogens is 1. The Kier molecular flexibility index (Phi) is 3.20. The number of phenolic OH excluding ortho intramolecular Hbond substituents is 1. The van der Waals surface area contributed by atoms with Crippen LogP contribution in [0.2, 0.25) is 0 Å². The topological polar surface area (TPSA) is 92.0 Å². The van der Waals surface area contributed by atoms with Crippen LogP contribution >= 0.6 is 0 Å². The number of rotatable bonds is 4. The molecule has 17 heavy (non-hydrogen) atoms. The molecular formula is C12H13N3O2. The van der Waals surface area contributed by atoms with E-state index in [-0.39, 0.29) is 17.1 Å². The number of hydrogen-bond acceptors (Lipinski definition) is 4. The van der Waals surface area contributed by atoms with Crippen molar-refractivity contribution in [1.82, 2.24) is 9.97 Å². The Morgan fingerprint density at radius 2 is 2.24 bits per heavy atom. The summed E-state index contributed by atoms with van der Waals surface area (Å²) in [4.78, 5) is 18.7. The quantitative estimate of drug-likeness (QED) is 0.681. The number of phenols is 1. The number of carbonyl (C=O) groups excluding carboxylic acids is 1. The van der Waals surface area contributed by atoms with Gasteiger partial charge >= 0.3 is 0 Å². The van der Waals surface area contributed by atoms with Crippen LogP contribution in [0.3, 0.4) is 0 Å². The molecule has 0 aliphatic carbocycles. The Hall–Kier alpha value is -2.14. The zero-order valence-corrected chi connectivity index (χ0v) is 9.13. The maximum Gasteiger partial charge on any atom is 0.183 e. The monoisotopic (exact) mass is 231 g/mol. The van der Waals surface area contributed by atoms with Crippen molar-refractivity contribution in [3.63, 3.8) is 0 Å². The van der Waals surface area contributed by atoms with Gasteiger partial charge in [-0.3, -0.25) is 4.79 Å². The molecule has 1 aromatic carbocycles. The van der Waals surface area contributed by atoms with Gasteiger partial charge in [0.1, 0.15) is 5.75 Å². The number of Topliss-reactive ketones (excluding diaryl/α,β-unsaturated/α-hetero) is 1. The number of aromatic hydroxyl groups is 1. The molecular weight excluding hydrogens is 218 g/mol. The number of nitrogens with two attached hydrogens (primary N) is 1. The second-order valence-corrected chi connectivity index (χ2v) is 3.77. The summed E-state index contributed by atoms with van der Waals surface area (Å²) in [6.07, 6.45) is 3.53. The average molecular weight is 231 g/mol. The summed E-state index contributed by atoms with van der Waals surface area (Å²) in [5, 5.41) is 9.56. The first-order valence-electron chi connectivity index (χ1n) is 5.23. The standard InChI is InChI=1S/C12H13N3O2/c13-10(5-8-6-14-7-15-8)12(17)9-3-1-2-4-11(9)16/h1-4,6-7,10,16H,5,13H2,(H,14,15)/t10-/m0/s1. The number of aromatic amines is 1. The van der Waals surface area contributed by atoms with E-state index in [1.807, 2.05) is 0 Å². The number of hydrogen-bond donors (Lipinski definition) is 3. The van der Waals surface area contributed by atoms with E-state index < -0.39 is 6.04 Å². The third-order valence-corrected chi connectivity index (χ3v) is 2.50. The third-order valence-electron chi connectivity index (χ3n) is 2.50. The molecule has 5 heteroatoms. The van der Waals surface area contributed by atoms with Gasteiger partial charge in [0, 0.05) is 18.3 Å². The third kappa shape index (κ3) is 2.51. The summed E-state index contributed by atoms with van der Waals surface area (Å²) in [6.45, 7) is 0. The molecule has 88 valence electrons. The molecule has 0 bridgehead atoms. The first kappa shape index (κ1) is 11.3. The molecule has 0 fully saturated rings. The van der Waals surface area contributed by atoms with Crippen LogP contribution in [-0.4, -0.2) is 26.9 Å². The molecule has 0 saturated carbocycles. The van der Waals surface area contributed by atoms with Gasteiger partial charge in [0.05, 0.1) is 17.9 Å². The van der Waals surface area contributed by atoms with Gasteiger partial charge in [0.15, 0.2) is 5.78 Å². The summed E-state index contributed by atoms with van der Waals surface area (Å²) in [5.74, 6) is -0.324. The zero-order chi connectivity index (χ0) is 12.3. The molecule has 1 aromatic heterocycles. The Morgan fingerprint density at radius 3 is 2.88 bits per heavy atom. The van der Waals surface area contributed by atoms with E-state index in [0.717, 1.165) is 5.69 Å². The lowest BCUT2D eigenvalue weighted by atomic mass is 10.0. The molecule has 0 radical (unpaired) electrons. The van der Waals surface area contributed by atoms with Crippen molar-refractivity contribution in [2.75, 3.05) is 0 Å². The van der Waals surface area contributed by atoms with Gasteiger partial charge in [0.25, 0.3) is 0 Å². The Bertz CT molecular complexity index is 508. The molecule has 0 aliphatic heterocycles. The fourth-order valence-corrected chi connectivity index (χ4v) is 1.61. The summed E-state index contributed by atoms with van der Waals surface area (Å²) >= 11 is 0. The lowest BCUT2D eigenvalue weighted by molar-refractivity contribution is 0.0958. The van der Waals surface area contributed by atoms with Crippen LogP contribution in [0.1, 0.15) is 16.1 Å². The van der Waals surface area contributed by atoms with Crippen LogP contribution in [0.25, 0.3) is 0 Å². The first-order chi connectivity index (χ1) is 8.18. The highest BCUT2D eigenvalue weighted by Crippen LogP contribution is 2.17. The van der Waals surface area contributed by atoms with Crippen molar-refractivity contribution in [1.29, 1.82) is 0 Å². The zero-order valence-electron chi connectivity index (χ0n) is 9.13. The lowest BCUT2D eigenvalue weighted by Crippen LogP contribution is -2.32. The minimum Gasteiger partial charge on any atom is -0.507 e. The van der Waals surface area contributed by atoms with Gasteiger partial charge in [-0.05, 0) is 12.1 Å². The predicted molar refractivity (Wildman–Crippen MR) is 62.7 cm³/mol. The van der Waals surface area contributed by atoms with Gasteiger partial charge in [-0.15, -0.1) is 0 Å². The predicted octanol–water partition coefficient (Wildman–Crippen LogP) is 0.868. The highest BCUT2D eigenvalue weighted by Gasteiger charge is 2.19. The van der Waals surface area contributed by atoms with Crippen LogP contribution in [0.5, 0.6) is 5.75 Å². The number of imidazole rings is 1. The summed E-state index contributed by atoms with van der Waals surface area (Å²) in [5.41, 5.74) is 6.84. The number of carbonyl (C=O) groups is 1. The van der Waals surface area contributed by atoms with Gasteiger partial charge in [-0.25, -0.2) is 4.98 Å². The normalized spacial score (nSPS) is 12.3. The van der Waals surface area contributed by atoms with Crippen LogP contribution in [0, 0.1) is 0 Å². The summed E-state index contributed by atoms with van der Waals surface area (Å²) < 4.78 is 0. The minimum absolute atomic E-state index is 0.0439. The lowest BCUT2D eigenvalue weighted by Gasteiger charge is -2.10. The van der Waals surface area contributed by atoms with Crippen LogP contribution in [0.4, 0.5) is 0 Å². The second-order valence-electron chi connectivity index (χ2n) is 3.77. The van der Waals surface area contributed by atoms with Crippen molar-refractivity contribution in [2.45, 2.75) is 12.5 Å². The van der Waals surface area contributed by atoms with Crippen LogP contribution < -0.4 is 5.73 Å². The Labute approximate surface area is 98.3 Å². The van der Waals surface area contributed by atoms with Gasteiger partial charge in [-0.1, -0.05) is 12.1 Å². The van der Waals surface area contributed by atoms with Gasteiger partial charge < -0.3 is 15.8 Å². The summed E-state index contributed by atoms with van der Waals surface area (Å²) in [7, 11) is 0. The van der Waals surface area contributed by atoms with E-state index in [2.05, 4.69) is 9.97 Å². The minimum atomic E-state index is -0.691. The molecule has 0 aliphatic rings. The molecule has 0 amide bonds. The average Bonchev–Trinajstić information content (AvgIpc) is 2.81. The fourth-order valence-electron chi connectivity index (χ4n) is 1.61. The Morgan fingerprint density at radius 1 is 1.47 bits per heavy atom. The van der Waals surface area contributed by atoms with E-state index in [4.69, 9.17) is 5.73 Å². The van der Waals surface area contributed by atoms with Crippen molar-refractivity contribution in [3.8, 4) is 5.75 Å². The SMILES string of the molecule is N[C@@H](Cc1cnc[nH]1)C(=O)c1ccccc1O. The number of nitrogens with one attached hydrogen (secondary N) is 1. The van der Waals surface area contributed by atoms with E-state index in [1.165, 1.54) is 12.4 Å². The molecule has 2 rings (SSSR count). The first-order valence-corrected chi connectivity index (χ1v) is 5.23. The number of aromatic nitrogens is 2. The smallest absolute Gasteiger partial charge is 0.183 e. The van der Waals surface area contributed by atoms with E-state index in [9.17, 15) is 9.90 Å². The number of benzene rings is 1. The fraction of sp³-hybridized carbons (Fsp3) is 0.167. The molecule has 0 spiro atoms. The molecule has 5 nitrogen and oxygen atoms in total. The molecule has 1 atom stereocenters. The largest absolute Gasteiger partial charge is 0.507 e. The van der Waals surface area contributed by atoms with E-state index in [0.29, 0.717) is 6.42 Å². The number of para-hydroxylation sites is 1. The van der Waals surface area contributed by atoms with Crippen LogP contribution in [0.15, 0.2) is 36.8 Å². The van der Waals surface area contributed by atoms with Crippen LogP contribution in [-0.2, 0) is 6.42 Å². The van der Waals surface area contributed by atoms with E-state index >= 15 is 0 Å². The van der Waals surface area contributed by atoms with Crippen molar-refractivity contribution in [2.24, 2.45) is 5.73 Å². The second kappa shape index (κ2) is 4.80. The summed E-state index contributed by atoms with van der Waals surface area (Å²) in [6, 6.07) is 5.69. The maximum atomic E-state index is 12.0. The highest BCUT2D eigenvalue weighted by molar-refractivity contribution is 6.02. The number of nitrogens with zero attached hydrogens (tertiary/aromatic N) is 1. The molecule has 2 aromatic rings.